The molecule has 0 heterocycles. The molecule has 1 N–H and O–H groups in total. The van der Waals surface area contributed by atoms with Crippen molar-refractivity contribution in [2.24, 2.45) is 0 Å². The molecule has 1 aromatic rings. The molecule has 0 unspecified atom stereocenters. The lowest BCUT2D eigenvalue weighted by molar-refractivity contribution is 0.400. The highest BCUT2D eigenvalue weighted by molar-refractivity contribution is 9.10. The first kappa shape index (κ1) is 16.5. The van der Waals surface area contributed by atoms with Crippen molar-refractivity contribution < 1.29 is 17.2 Å². The Balaban J connectivity index is 2.84. The van der Waals surface area contributed by atoms with E-state index in [0.29, 0.717) is 19.0 Å². The highest BCUT2D eigenvalue weighted by Crippen LogP contribution is 2.25. The summed E-state index contributed by atoms with van der Waals surface area (Å²) < 4.78 is 52.4. The van der Waals surface area contributed by atoms with Gasteiger partial charge in [-0.3, -0.25) is 0 Å². The maximum Gasteiger partial charge on any atom is 0.244 e. The van der Waals surface area contributed by atoms with Crippen molar-refractivity contribution in [2.45, 2.75) is 11.3 Å². The van der Waals surface area contributed by atoms with Gasteiger partial charge in [-0.1, -0.05) is 0 Å². The molecule has 0 aromatic heterocycles. The maximum atomic E-state index is 13.5. The molecule has 0 saturated carbocycles. The van der Waals surface area contributed by atoms with Crippen LogP contribution in [0.5, 0.6) is 0 Å². The van der Waals surface area contributed by atoms with Crippen LogP contribution in [0.1, 0.15) is 6.42 Å². The highest BCUT2D eigenvalue weighted by atomic mass is 79.9. The highest BCUT2D eigenvalue weighted by Gasteiger charge is 2.23. The van der Waals surface area contributed by atoms with Gasteiger partial charge >= 0.3 is 0 Å². The predicted molar refractivity (Wildman–Crippen MR) is 72.4 cm³/mol. The van der Waals surface area contributed by atoms with Crippen molar-refractivity contribution in [2.75, 3.05) is 27.2 Å². The summed E-state index contributed by atoms with van der Waals surface area (Å²) in [7, 11) is -0.262. The van der Waals surface area contributed by atoms with Crippen molar-refractivity contribution in [3.05, 3.63) is 28.2 Å². The minimum atomic E-state index is -3.99. The average Bonchev–Trinajstić information content (AvgIpc) is 2.22. The van der Waals surface area contributed by atoms with E-state index in [0.717, 1.165) is 6.07 Å². The second-order valence-electron chi connectivity index (χ2n) is 4.25. The van der Waals surface area contributed by atoms with Crippen molar-refractivity contribution in [3.8, 4) is 0 Å². The Labute approximate surface area is 120 Å². The van der Waals surface area contributed by atoms with Crippen LogP contribution in [0.2, 0.25) is 0 Å². The standard InChI is InChI=1S/C11H15BrF2N2O2S/c1-16(2)5-3-4-15-19(17,18)11-9(12)6-8(13)7-10(11)14/h6-7,15H,3-5H2,1-2H3. The molecule has 0 saturated heterocycles. The quantitative estimate of drug-likeness (QED) is 0.792. The number of nitrogens with one attached hydrogen (secondary N) is 1. The summed E-state index contributed by atoms with van der Waals surface area (Å²) in [6.07, 6.45) is 0.590. The number of rotatable bonds is 6. The molecule has 0 amide bonds. The zero-order valence-electron chi connectivity index (χ0n) is 10.6. The first-order valence-electron chi connectivity index (χ1n) is 5.53. The van der Waals surface area contributed by atoms with Gasteiger partial charge in [0.25, 0.3) is 0 Å². The van der Waals surface area contributed by atoms with Gasteiger partial charge in [0.1, 0.15) is 16.5 Å². The van der Waals surface area contributed by atoms with Crippen LogP contribution < -0.4 is 4.72 Å². The van der Waals surface area contributed by atoms with Crippen LogP contribution >= 0.6 is 15.9 Å². The molecule has 0 fully saturated rings. The molecule has 1 rings (SSSR count). The Morgan fingerprint density at radius 2 is 1.95 bits per heavy atom. The SMILES string of the molecule is CN(C)CCCNS(=O)(=O)c1c(F)cc(F)cc1Br. The predicted octanol–water partition coefficient (Wildman–Crippen LogP) is 1.96. The fourth-order valence-electron chi connectivity index (χ4n) is 1.46. The monoisotopic (exact) mass is 356 g/mol. The zero-order chi connectivity index (χ0) is 14.6. The van der Waals surface area contributed by atoms with Crippen molar-refractivity contribution >= 4 is 26.0 Å². The smallest absolute Gasteiger partial charge is 0.244 e. The van der Waals surface area contributed by atoms with Crippen molar-refractivity contribution in [1.82, 2.24) is 9.62 Å². The summed E-state index contributed by atoms with van der Waals surface area (Å²) in [6.45, 7) is 0.888. The van der Waals surface area contributed by atoms with E-state index >= 15 is 0 Å². The summed E-state index contributed by atoms with van der Waals surface area (Å²) >= 11 is 2.86. The van der Waals surface area contributed by atoms with E-state index in [1.54, 1.807) is 0 Å². The minimum Gasteiger partial charge on any atom is -0.309 e. The van der Waals surface area contributed by atoms with Crippen molar-refractivity contribution in [3.63, 3.8) is 0 Å². The third-order valence-corrected chi connectivity index (χ3v) is 4.73. The van der Waals surface area contributed by atoms with E-state index in [2.05, 4.69) is 20.7 Å². The van der Waals surface area contributed by atoms with Gasteiger partial charge in [-0.25, -0.2) is 21.9 Å². The number of nitrogens with zero attached hydrogens (tertiary/aromatic N) is 1. The number of benzene rings is 1. The molecule has 0 atom stereocenters. The Hall–Kier alpha value is -0.570. The van der Waals surface area contributed by atoms with Crippen LogP contribution in [0.3, 0.4) is 0 Å². The summed E-state index contributed by atoms with van der Waals surface area (Å²) in [6, 6.07) is 1.45. The van der Waals surface area contributed by atoms with Crippen LogP contribution in [-0.4, -0.2) is 40.5 Å². The first-order chi connectivity index (χ1) is 8.74. The van der Waals surface area contributed by atoms with Gasteiger partial charge in [-0.2, -0.15) is 0 Å². The van der Waals surface area contributed by atoms with Gasteiger partial charge in [-0.05, 0) is 49.1 Å². The van der Waals surface area contributed by atoms with Crippen LogP contribution in [0.25, 0.3) is 0 Å². The van der Waals surface area contributed by atoms with Gasteiger partial charge in [0, 0.05) is 17.1 Å². The minimum absolute atomic E-state index is 0.134. The van der Waals surface area contributed by atoms with E-state index in [1.165, 1.54) is 0 Å². The summed E-state index contributed by atoms with van der Waals surface area (Å²) in [5.41, 5.74) is 0. The second-order valence-corrected chi connectivity index (χ2v) is 6.81. The number of hydrogen-bond acceptors (Lipinski definition) is 3. The number of halogens is 3. The lowest BCUT2D eigenvalue weighted by atomic mass is 10.3. The molecule has 4 nitrogen and oxygen atoms in total. The van der Waals surface area contributed by atoms with E-state index in [1.807, 2.05) is 19.0 Å². The number of sulfonamides is 1. The maximum absolute atomic E-state index is 13.5. The van der Waals surface area contributed by atoms with Gasteiger partial charge in [0.15, 0.2) is 0 Å². The molecule has 0 aliphatic rings. The van der Waals surface area contributed by atoms with Gasteiger partial charge in [0.05, 0.1) is 0 Å². The fraction of sp³-hybridized carbons (Fsp3) is 0.455. The molecule has 108 valence electrons. The van der Waals surface area contributed by atoms with E-state index < -0.39 is 26.6 Å². The molecular formula is C11H15BrF2N2O2S. The van der Waals surface area contributed by atoms with E-state index in [-0.39, 0.29) is 11.0 Å². The largest absolute Gasteiger partial charge is 0.309 e. The Morgan fingerprint density at radius 1 is 1.32 bits per heavy atom. The van der Waals surface area contributed by atoms with Gasteiger partial charge < -0.3 is 4.90 Å². The van der Waals surface area contributed by atoms with Crippen LogP contribution in [0, 0.1) is 11.6 Å². The summed E-state index contributed by atoms with van der Waals surface area (Å²) in [5, 5.41) is 0. The molecular weight excluding hydrogens is 342 g/mol. The summed E-state index contributed by atoms with van der Waals surface area (Å²) in [4.78, 5) is 1.33. The lowest BCUT2D eigenvalue weighted by Crippen LogP contribution is -2.28. The molecule has 0 bridgehead atoms. The number of hydrogen-bond donors (Lipinski definition) is 1. The molecule has 19 heavy (non-hydrogen) atoms. The Morgan fingerprint density at radius 3 is 2.47 bits per heavy atom. The Bertz CT molecular complexity index is 527. The Kier molecular flexibility index (Phi) is 5.84. The molecule has 0 aliphatic carbocycles. The topological polar surface area (TPSA) is 49.4 Å². The lowest BCUT2D eigenvalue weighted by Gasteiger charge is -2.11. The van der Waals surface area contributed by atoms with Gasteiger partial charge in [-0.15, -0.1) is 0 Å². The normalized spacial score (nSPS) is 12.1. The zero-order valence-corrected chi connectivity index (χ0v) is 13.0. The first-order valence-corrected chi connectivity index (χ1v) is 7.80. The van der Waals surface area contributed by atoms with Crippen LogP contribution in [0.15, 0.2) is 21.5 Å². The molecule has 0 radical (unpaired) electrons. The third-order valence-electron chi connectivity index (χ3n) is 2.31. The van der Waals surface area contributed by atoms with Crippen molar-refractivity contribution in [1.29, 1.82) is 0 Å². The van der Waals surface area contributed by atoms with Crippen LogP contribution in [0.4, 0.5) is 8.78 Å². The second kappa shape index (κ2) is 6.74. The average molecular weight is 357 g/mol. The van der Waals surface area contributed by atoms with Gasteiger partial charge in [0.2, 0.25) is 10.0 Å². The van der Waals surface area contributed by atoms with E-state index in [9.17, 15) is 17.2 Å². The molecule has 0 spiro atoms. The fourth-order valence-corrected chi connectivity index (χ4v) is 3.70. The summed E-state index contributed by atoms with van der Waals surface area (Å²) in [5.74, 6) is -1.96. The van der Waals surface area contributed by atoms with E-state index in [4.69, 9.17) is 0 Å². The third kappa shape index (κ3) is 4.79. The molecule has 8 heteroatoms. The molecule has 0 aliphatic heterocycles. The van der Waals surface area contributed by atoms with Crippen LogP contribution in [-0.2, 0) is 10.0 Å². The molecule has 1 aromatic carbocycles.